The maximum Gasteiger partial charge on any atom is 0.261 e. The van der Waals surface area contributed by atoms with E-state index in [-0.39, 0.29) is 35.2 Å². The van der Waals surface area contributed by atoms with Crippen LogP contribution in [0.5, 0.6) is 0 Å². The van der Waals surface area contributed by atoms with E-state index < -0.39 is 15.8 Å². The number of nitrogens with one attached hydrogen (secondary N) is 1. The second-order valence-electron chi connectivity index (χ2n) is 5.35. The van der Waals surface area contributed by atoms with E-state index in [1.165, 1.54) is 36.4 Å². The van der Waals surface area contributed by atoms with Crippen LogP contribution in [-0.4, -0.2) is 20.2 Å². The van der Waals surface area contributed by atoms with Crippen LogP contribution in [0.15, 0.2) is 51.8 Å². The minimum atomic E-state index is -4.01. The summed E-state index contributed by atoms with van der Waals surface area (Å²) in [5.41, 5.74) is 0.124. The molecule has 0 aromatic heterocycles. The Hall–Kier alpha value is -2.26. The zero-order valence-electron chi connectivity index (χ0n) is 12.7. The maximum absolute atomic E-state index is 13.8. The molecule has 1 aliphatic heterocycles. The van der Waals surface area contributed by atoms with Crippen LogP contribution >= 0.6 is 15.9 Å². The summed E-state index contributed by atoms with van der Waals surface area (Å²) in [6.07, 6.45) is 0.284. The summed E-state index contributed by atoms with van der Waals surface area (Å²) in [6, 6.07) is 9.20. The Kier molecular flexibility index (Phi) is 4.61. The standard InChI is InChI=1S/C16H12BrFN2O4S/c17-10-1-6-14(13(18)9-10)19-25(23,24)12-4-2-11(3-5-12)20-15(21)7-8-16(20)22/h1-6,9,19H,7-8H2. The van der Waals surface area contributed by atoms with Crippen LogP contribution in [0.3, 0.4) is 0 Å². The molecule has 0 saturated carbocycles. The van der Waals surface area contributed by atoms with Crippen molar-refractivity contribution in [3.05, 3.63) is 52.8 Å². The van der Waals surface area contributed by atoms with Gasteiger partial charge >= 0.3 is 0 Å². The van der Waals surface area contributed by atoms with Gasteiger partial charge in [0.05, 0.1) is 16.3 Å². The molecule has 1 heterocycles. The second kappa shape index (κ2) is 6.57. The fourth-order valence-electron chi connectivity index (χ4n) is 2.41. The van der Waals surface area contributed by atoms with Gasteiger partial charge in [-0.15, -0.1) is 0 Å². The van der Waals surface area contributed by atoms with Crippen molar-refractivity contribution in [1.82, 2.24) is 0 Å². The number of imide groups is 1. The third kappa shape index (κ3) is 3.57. The van der Waals surface area contributed by atoms with Gasteiger partial charge in [-0.3, -0.25) is 19.2 Å². The highest BCUT2D eigenvalue weighted by atomic mass is 79.9. The highest BCUT2D eigenvalue weighted by molar-refractivity contribution is 9.10. The van der Waals surface area contributed by atoms with Crippen molar-refractivity contribution >= 4 is 49.1 Å². The Morgan fingerprint density at radius 2 is 1.60 bits per heavy atom. The summed E-state index contributed by atoms with van der Waals surface area (Å²) >= 11 is 3.09. The van der Waals surface area contributed by atoms with Gasteiger partial charge in [-0.25, -0.2) is 12.8 Å². The van der Waals surface area contributed by atoms with Crippen LogP contribution in [0.1, 0.15) is 12.8 Å². The molecule has 9 heteroatoms. The van der Waals surface area contributed by atoms with Crippen molar-refractivity contribution in [2.24, 2.45) is 0 Å². The Balaban J connectivity index is 1.85. The molecule has 1 fully saturated rings. The summed E-state index contributed by atoms with van der Waals surface area (Å²) in [6.45, 7) is 0. The van der Waals surface area contributed by atoms with Gasteiger partial charge in [0.25, 0.3) is 10.0 Å². The highest BCUT2D eigenvalue weighted by Gasteiger charge is 2.30. The largest absolute Gasteiger partial charge is 0.277 e. The summed E-state index contributed by atoms with van der Waals surface area (Å²) < 4.78 is 41.2. The van der Waals surface area contributed by atoms with E-state index in [0.717, 1.165) is 11.0 Å². The zero-order chi connectivity index (χ0) is 18.2. The first-order valence-corrected chi connectivity index (χ1v) is 9.49. The third-order valence-corrected chi connectivity index (χ3v) is 5.51. The molecule has 0 atom stereocenters. The Morgan fingerprint density at radius 1 is 1.00 bits per heavy atom. The van der Waals surface area contributed by atoms with E-state index in [9.17, 15) is 22.4 Å². The van der Waals surface area contributed by atoms with Crippen molar-refractivity contribution in [3.63, 3.8) is 0 Å². The number of sulfonamides is 1. The van der Waals surface area contributed by atoms with Crippen LogP contribution in [0.4, 0.5) is 15.8 Å². The summed E-state index contributed by atoms with van der Waals surface area (Å²) in [5, 5.41) is 0. The van der Waals surface area contributed by atoms with Gasteiger partial charge in [-0.2, -0.15) is 0 Å². The summed E-state index contributed by atoms with van der Waals surface area (Å²) in [7, 11) is -4.01. The molecule has 0 aliphatic carbocycles. The number of carbonyl (C=O) groups is 2. The molecular weight excluding hydrogens is 415 g/mol. The fourth-order valence-corrected chi connectivity index (χ4v) is 3.82. The number of halogens is 2. The molecule has 2 aromatic rings. The van der Waals surface area contributed by atoms with E-state index >= 15 is 0 Å². The number of benzene rings is 2. The lowest BCUT2D eigenvalue weighted by Gasteiger charge is -2.14. The number of carbonyl (C=O) groups excluding carboxylic acids is 2. The summed E-state index contributed by atoms with van der Waals surface area (Å²) in [4.78, 5) is 24.3. The minimum Gasteiger partial charge on any atom is -0.277 e. The first-order chi connectivity index (χ1) is 11.8. The van der Waals surface area contributed by atoms with Crippen molar-refractivity contribution in [3.8, 4) is 0 Å². The molecule has 130 valence electrons. The van der Waals surface area contributed by atoms with Crippen LogP contribution in [-0.2, 0) is 19.6 Å². The smallest absolute Gasteiger partial charge is 0.261 e. The molecule has 6 nitrogen and oxygen atoms in total. The van der Waals surface area contributed by atoms with E-state index in [0.29, 0.717) is 10.2 Å². The van der Waals surface area contributed by atoms with E-state index in [1.54, 1.807) is 0 Å². The minimum absolute atomic E-state index is 0.113. The molecule has 2 aromatic carbocycles. The van der Waals surface area contributed by atoms with Crippen molar-refractivity contribution in [2.75, 3.05) is 9.62 Å². The molecule has 3 rings (SSSR count). The lowest BCUT2D eigenvalue weighted by atomic mass is 10.3. The number of hydrogen-bond acceptors (Lipinski definition) is 4. The Morgan fingerprint density at radius 3 is 2.16 bits per heavy atom. The van der Waals surface area contributed by atoms with E-state index in [2.05, 4.69) is 20.7 Å². The van der Waals surface area contributed by atoms with Gasteiger partial charge in [0.1, 0.15) is 5.82 Å². The Labute approximate surface area is 151 Å². The quantitative estimate of drug-likeness (QED) is 0.761. The zero-order valence-corrected chi connectivity index (χ0v) is 15.1. The van der Waals surface area contributed by atoms with Crippen LogP contribution < -0.4 is 9.62 Å². The molecule has 1 saturated heterocycles. The van der Waals surface area contributed by atoms with Gasteiger partial charge < -0.3 is 0 Å². The molecule has 2 amide bonds. The van der Waals surface area contributed by atoms with Crippen LogP contribution in [0.2, 0.25) is 0 Å². The first kappa shape index (κ1) is 17.6. The molecule has 0 spiro atoms. The SMILES string of the molecule is O=C1CCC(=O)N1c1ccc(S(=O)(=O)Nc2ccc(Br)cc2F)cc1. The van der Waals surface area contributed by atoms with Gasteiger partial charge in [0.15, 0.2) is 0 Å². The molecule has 25 heavy (non-hydrogen) atoms. The fraction of sp³-hybridized carbons (Fsp3) is 0.125. The first-order valence-electron chi connectivity index (χ1n) is 7.22. The number of hydrogen-bond donors (Lipinski definition) is 1. The Bertz CT molecular complexity index is 945. The number of amides is 2. The molecule has 0 radical (unpaired) electrons. The molecule has 1 aliphatic rings. The lowest BCUT2D eigenvalue weighted by Crippen LogP contribution is -2.28. The maximum atomic E-state index is 13.8. The number of anilines is 2. The second-order valence-corrected chi connectivity index (χ2v) is 7.94. The highest BCUT2D eigenvalue weighted by Crippen LogP contribution is 2.26. The normalized spacial score (nSPS) is 14.9. The van der Waals surface area contributed by atoms with Gasteiger partial charge in [0, 0.05) is 17.3 Å². The van der Waals surface area contributed by atoms with Gasteiger partial charge in [-0.05, 0) is 42.5 Å². The topological polar surface area (TPSA) is 83.6 Å². The van der Waals surface area contributed by atoms with E-state index in [4.69, 9.17) is 0 Å². The van der Waals surface area contributed by atoms with Crippen molar-refractivity contribution in [1.29, 1.82) is 0 Å². The van der Waals surface area contributed by atoms with Gasteiger partial charge in [-0.1, -0.05) is 15.9 Å². The predicted molar refractivity (Wildman–Crippen MR) is 93.1 cm³/mol. The van der Waals surface area contributed by atoms with Crippen LogP contribution in [0, 0.1) is 5.82 Å². The van der Waals surface area contributed by atoms with Crippen molar-refractivity contribution in [2.45, 2.75) is 17.7 Å². The predicted octanol–water partition coefficient (Wildman–Crippen LogP) is 3.04. The average Bonchev–Trinajstić information content (AvgIpc) is 2.89. The van der Waals surface area contributed by atoms with Crippen molar-refractivity contribution < 1.29 is 22.4 Å². The van der Waals surface area contributed by atoms with Crippen LogP contribution in [0.25, 0.3) is 0 Å². The third-order valence-electron chi connectivity index (χ3n) is 3.63. The lowest BCUT2D eigenvalue weighted by molar-refractivity contribution is -0.121. The number of rotatable bonds is 4. The molecule has 1 N–H and O–H groups in total. The van der Waals surface area contributed by atoms with E-state index in [1.807, 2.05) is 0 Å². The molecule has 0 bridgehead atoms. The number of nitrogens with zero attached hydrogens (tertiary/aromatic N) is 1. The molecule has 0 unspecified atom stereocenters. The molecular formula is C16H12BrFN2O4S. The van der Waals surface area contributed by atoms with Gasteiger partial charge in [0.2, 0.25) is 11.8 Å². The average molecular weight is 427 g/mol. The summed E-state index contributed by atoms with van der Waals surface area (Å²) in [5.74, 6) is -1.37. The monoisotopic (exact) mass is 426 g/mol.